The third-order valence-electron chi connectivity index (χ3n) is 3.12. The van der Waals surface area contributed by atoms with Crippen molar-refractivity contribution in [3.05, 3.63) is 41.0 Å². The van der Waals surface area contributed by atoms with Crippen molar-refractivity contribution >= 4 is 6.08 Å². The van der Waals surface area contributed by atoms with Crippen molar-refractivity contribution < 1.29 is 0 Å². The summed E-state index contributed by atoms with van der Waals surface area (Å²) < 4.78 is 0. The van der Waals surface area contributed by atoms with Crippen LogP contribution in [0.1, 0.15) is 36.3 Å². The van der Waals surface area contributed by atoms with E-state index in [9.17, 15) is 0 Å². The molecule has 0 N–H and O–H groups in total. The van der Waals surface area contributed by atoms with Crippen molar-refractivity contribution in [3.8, 4) is 0 Å². The van der Waals surface area contributed by atoms with Crippen LogP contribution in [0.2, 0.25) is 0 Å². The van der Waals surface area contributed by atoms with Gasteiger partial charge >= 0.3 is 0 Å². The largest absolute Gasteiger partial charge is 0.0621 e. The molecule has 0 spiro atoms. The Morgan fingerprint density at radius 3 is 3.08 bits per heavy atom. The molecule has 1 aromatic rings. The number of hydrogen-bond donors (Lipinski definition) is 0. The minimum absolute atomic E-state index is 0.793. The van der Waals surface area contributed by atoms with Crippen molar-refractivity contribution in [2.75, 3.05) is 0 Å². The molecular weight excluding hydrogens is 144 g/mol. The molecule has 12 heavy (non-hydrogen) atoms. The summed E-state index contributed by atoms with van der Waals surface area (Å²) in [5, 5.41) is 0. The van der Waals surface area contributed by atoms with E-state index in [2.05, 4.69) is 30.3 Å². The molecule has 2 aliphatic rings. The monoisotopic (exact) mass is 156 g/mol. The van der Waals surface area contributed by atoms with Gasteiger partial charge in [-0.1, -0.05) is 35.9 Å². The summed E-state index contributed by atoms with van der Waals surface area (Å²) >= 11 is 0. The molecule has 0 nitrogen and oxygen atoms in total. The molecule has 0 aromatic heterocycles. The number of rotatable bonds is 0. The Kier molecular flexibility index (Phi) is 1.20. The second-order valence-electron chi connectivity index (χ2n) is 3.79. The molecule has 0 heterocycles. The Morgan fingerprint density at radius 2 is 2.08 bits per heavy atom. The van der Waals surface area contributed by atoms with E-state index in [1.165, 1.54) is 24.8 Å². The average molecular weight is 156 g/mol. The van der Waals surface area contributed by atoms with Crippen LogP contribution in [0.4, 0.5) is 0 Å². The zero-order chi connectivity index (χ0) is 7.97. The van der Waals surface area contributed by atoms with Crippen LogP contribution in [0.5, 0.6) is 0 Å². The maximum atomic E-state index is 2.40. The number of hydrogen-bond acceptors (Lipinski definition) is 0. The minimum Gasteiger partial charge on any atom is -0.0621 e. The summed E-state index contributed by atoms with van der Waals surface area (Å²) in [5.74, 6) is 0.793. The van der Waals surface area contributed by atoms with E-state index in [0.29, 0.717) is 0 Å². The van der Waals surface area contributed by atoms with Gasteiger partial charge in [-0.15, -0.1) is 0 Å². The molecule has 2 aliphatic carbocycles. The molecule has 3 rings (SSSR count). The predicted molar refractivity (Wildman–Crippen MR) is 51.0 cm³/mol. The number of benzene rings is 1. The SMILES string of the molecule is C1=C2CCCC2c2ccccc21. The molecule has 0 aliphatic heterocycles. The smallest absolute Gasteiger partial charge is 0.00575 e. The predicted octanol–water partition coefficient (Wildman–Crippen LogP) is 3.35. The van der Waals surface area contributed by atoms with Crippen molar-refractivity contribution in [2.45, 2.75) is 25.2 Å². The van der Waals surface area contributed by atoms with Gasteiger partial charge in [0, 0.05) is 5.92 Å². The Bertz CT molecular complexity index is 347. The molecule has 0 radical (unpaired) electrons. The molecule has 0 heteroatoms. The van der Waals surface area contributed by atoms with Crippen LogP contribution in [0.3, 0.4) is 0 Å². The quantitative estimate of drug-likeness (QED) is 0.540. The fraction of sp³-hybridized carbons (Fsp3) is 0.333. The molecule has 0 saturated heterocycles. The highest BCUT2D eigenvalue weighted by Crippen LogP contribution is 2.46. The first-order valence-corrected chi connectivity index (χ1v) is 4.74. The lowest BCUT2D eigenvalue weighted by atomic mass is 9.98. The van der Waals surface area contributed by atoms with Crippen LogP contribution in [0.15, 0.2) is 29.8 Å². The van der Waals surface area contributed by atoms with E-state index >= 15 is 0 Å². The first kappa shape index (κ1) is 6.47. The van der Waals surface area contributed by atoms with Crippen molar-refractivity contribution in [3.63, 3.8) is 0 Å². The fourth-order valence-corrected chi connectivity index (χ4v) is 2.56. The highest BCUT2D eigenvalue weighted by molar-refractivity contribution is 5.67. The first-order valence-electron chi connectivity index (χ1n) is 4.74. The molecule has 1 fully saturated rings. The molecule has 0 bridgehead atoms. The molecule has 60 valence electrons. The average Bonchev–Trinajstić information content (AvgIpc) is 2.62. The Morgan fingerprint density at radius 1 is 1.17 bits per heavy atom. The van der Waals surface area contributed by atoms with Gasteiger partial charge in [-0.25, -0.2) is 0 Å². The zero-order valence-corrected chi connectivity index (χ0v) is 7.09. The van der Waals surface area contributed by atoms with Gasteiger partial charge in [-0.05, 0) is 30.4 Å². The molecule has 1 atom stereocenters. The maximum absolute atomic E-state index is 2.40. The van der Waals surface area contributed by atoms with Crippen molar-refractivity contribution in [1.82, 2.24) is 0 Å². The van der Waals surface area contributed by atoms with Gasteiger partial charge in [0.2, 0.25) is 0 Å². The van der Waals surface area contributed by atoms with Gasteiger partial charge in [-0.2, -0.15) is 0 Å². The normalized spacial score (nSPS) is 25.0. The second kappa shape index (κ2) is 2.22. The lowest BCUT2D eigenvalue weighted by molar-refractivity contribution is 0.798. The van der Waals surface area contributed by atoms with Crippen LogP contribution in [0.25, 0.3) is 6.08 Å². The van der Waals surface area contributed by atoms with Crippen LogP contribution in [-0.2, 0) is 0 Å². The van der Waals surface area contributed by atoms with Gasteiger partial charge in [0.05, 0.1) is 0 Å². The zero-order valence-electron chi connectivity index (χ0n) is 7.09. The Labute approximate surface area is 72.9 Å². The van der Waals surface area contributed by atoms with E-state index < -0.39 is 0 Å². The summed E-state index contributed by atoms with van der Waals surface area (Å²) in [5.41, 5.74) is 4.72. The number of allylic oxidation sites excluding steroid dienone is 1. The summed E-state index contributed by atoms with van der Waals surface area (Å²) in [6, 6.07) is 8.82. The summed E-state index contributed by atoms with van der Waals surface area (Å²) in [6.45, 7) is 0. The molecular formula is C12H12. The third-order valence-corrected chi connectivity index (χ3v) is 3.12. The summed E-state index contributed by atoms with van der Waals surface area (Å²) in [4.78, 5) is 0. The summed E-state index contributed by atoms with van der Waals surface area (Å²) in [7, 11) is 0. The molecule has 1 saturated carbocycles. The Hall–Kier alpha value is -1.04. The van der Waals surface area contributed by atoms with Gasteiger partial charge in [0.1, 0.15) is 0 Å². The van der Waals surface area contributed by atoms with Crippen molar-refractivity contribution in [1.29, 1.82) is 0 Å². The number of fused-ring (bicyclic) bond motifs is 3. The van der Waals surface area contributed by atoms with Gasteiger partial charge in [0.15, 0.2) is 0 Å². The Balaban J connectivity index is 2.18. The van der Waals surface area contributed by atoms with Gasteiger partial charge in [-0.3, -0.25) is 0 Å². The maximum Gasteiger partial charge on any atom is 0.00575 e. The fourth-order valence-electron chi connectivity index (χ4n) is 2.56. The lowest BCUT2D eigenvalue weighted by Crippen LogP contribution is -1.89. The third kappa shape index (κ3) is 0.726. The molecule has 1 unspecified atom stereocenters. The standard InChI is InChI=1S/C12H12/c1-2-6-11-9(4-1)8-10-5-3-7-12(10)11/h1-2,4,6,8,12H,3,5,7H2. The van der Waals surface area contributed by atoms with E-state index in [-0.39, 0.29) is 0 Å². The van der Waals surface area contributed by atoms with E-state index in [1.54, 1.807) is 11.1 Å². The van der Waals surface area contributed by atoms with Gasteiger partial charge in [0.25, 0.3) is 0 Å². The first-order chi connectivity index (χ1) is 5.95. The second-order valence-corrected chi connectivity index (χ2v) is 3.79. The lowest BCUT2D eigenvalue weighted by Gasteiger charge is -2.06. The highest BCUT2D eigenvalue weighted by Gasteiger charge is 2.28. The highest BCUT2D eigenvalue weighted by atomic mass is 14.3. The van der Waals surface area contributed by atoms with Crippen LogP contribution < -0.4 is 0 Å². The van der Waals surface area contributed by atoms with Crippen LogP contribution in [-0.4, -0.2) is 0 Å². The van der Waals surface area contributed by atoms with Crippen LogP contribution >= 0.6 is 0 Å². The topological polar surface area (TPSA) is 0 Å². The van der Waals surface area contributed by atoms with E-state index in [4.69, 9.17) is 0 Å². The van der Waals surface area contributed by atoms with Crippen LogP contribution in [0, 0.1) is 0 Å². The molecule has 1 aromatic carbocycles. The van der Waals surface area contributed by atoms with E-state index in [0.717, 1.165) is 5.92 Å². The molecule has 0 amide bonds. The van der Waals surface area contributed by atoms with E-state index in [1.807, 2.05) is 0 Å². The van der Waals surface area contributed by atoms with Gasteiger partial charge < -0.3 is 0 Å². The minimum atomic E-state index is 0.793. The van der Waals surface area contributed by atoms with Crippen molar-refractivity contribution in [2.24, 2.45) is 0 Å². The summed E-state index contributed by atoms with van der Waals surface area (Å²) in [6.07, 6.45) is 6.50.